The smallest absolute Gasteiger partial charge is 0.00731 e. The molecule has 2 atom stereocenters. The summed E-state index contributed by atoms with van der Waals surface area (Å²) in [5.74, 6) is 1.93. The van der Waals surface area contributed by atoms with Crippen molar-refractivity contribution < 1.29 is 0 Å². The van der Waals surface area contributed by atoms with Crippen molar-refractivity contribution in [2.24, 2.45) is 17.3 Å². The van der Waals surface area contributed by atoms with Gasteiger partial charge in [-0.15, -0.1) is 0 Å². The van der Waals surface area contributed by atoms with Gasteiger partial charge < -0.3 is 0 Å². The molecular weight excluding hydrogens is 156 g/mol. The largest absolute Gasteiger partial charge is 0.0661 e. The van der Waals surface area contributed by atoms with Crippen LogP contribution in [0.15, 0.2) is 11.1 Å². The van der Waals surface area contributed by atoms with Crippen LogP contribution in [0.1, 0.15) is 53.4 Å². The van der Waals surface area contributed by atoms with Gasteiger partial charge in [0.25, 0.3) is 0 Å². The molecule has 0 aromatic carbocycles. The molecular formula is C13H22. The summed E-state index contributed by atoms with van der Waals surface area (Å²) in [4.78, 5) is 0. The quantitative estimate of drug-likeness (QED) is 0.569. The van der Waals surface area contributed by atoms with Crippen LogP contribution >= 0.6 is 0 Å². The van der Waals surface area contributed by atoms with Crippen LogP contribution in [-0.2, 0) is 0 Å². The Balaban J connectivity index is 2.08. The first-order valence-electron chi connectivity index (χ1n) is 5.86. The van der Waals surface area contributed by atoms with Gasteiger partial charge in [0.1, 0.15) is 0 Å². The monoisotopic (exact) mass is 178 g/mol. The zero-order valence-electron chi connectivity index (χ0n) is 9.48. The van der Waals surface area contributed by atoms with E-state index in [1.165, 1.54) is 25.7 Å². The Bertz CT molecular complexity index is 245. The molecule has 0 aromatic heterocycles. The third-order valence-electron chi connectivity index (χ3n) is 4.05. The molecule has 13 heavy (non-hydrogen) atoms. The molecule has 0 aliphatic heterocycles. The van der Waals surface area contributed by atoms with Crippen LogP contribution in [0.3, 0.4) is 0 Å². The lowest BCUT2D eigenvalue weighted by molar-refractivity contribution is 0.530. The summed E-state index contributed by atoms with van der Waals surface area (Å²) in [6.45, 7) is 9.49. The second-order valence-electron chi connectivity index (χ2n) is 5.31. The van der Waals surface area contributed by atoms with Crippen molar-refractivity contribution in [3.8, 4) is 0 Å². The Morgan fingerprint density at radius 3 is 2.46 bits per heavy atom. The average molecular weight is 178 g/mol. The molecule has 0 spiro atoms. The first-order chi connectivity index (χ1) is 6.12. The lowest BCUT2D eigenvalue weighted by atomic mass is 10.1. The van der Waals surface area contributed by atoms with Gasteiger partial charge in [0.15, 0.2) is 0 Å². The molecule has 0 bridgehead atoms. The first-order valence-corrected chi connectivity index (χ1v) is 5.86. The highest BCUT2D eigenvalue weighted by Gasteiger charge is 2.55. The van der Waals surface area contributed by atoms with E-state index in [1.807, 2.05) is 11.1 Å². The van der Waals surface area contributed by atoms with E-state index in [1.54, 1.807) is 0 Å². The van der Waals surface area contributed by atoms with Gasteiger partial charge in [-0.05, 0) is 36.5 Å². The normalized spacial score (nSPS) is 40.6. The van der Waals surface area contributed by atoms with Crippen molar-refractivity contribution in [1.82, 2.24) is 0 Å². The van der Waals surface area contributed by atoms with E-state index in [2.05, 4.69) is 27.7 Å². The van der Waals surface area contributed by atoms with Crippen LogP contribution < -0.4 is 0 Å². The highest BCUT2D eigenvalue weighted by atomic mass is 14.6. The zero-order valence-corrected chi connectivity index (χ0v) is 9.48. The Hall–Kier alpha value is -0.260. The van der Waals surface area contributed by atoms with E-state index in [0.717, 1.165) is 11.8 Å². The molecule has 2 aliphatic carbocycles. The summed E-state index contributed by atoms with van der Waals surface area (Å²) in [5, 5.41) is 0. The third-order valence-corrected chi connectivity index (χ3v) is 4.05. The Morgan fingerprint density at radius 2 is 2.00 bits per heavy atom. The van der Waals surface area contributed by atoms with E-state index in [9.17, 15) is 0 Å². The van der Waals surface area contributed by atoms with E-state index >= 15 is 0 Å². The van der Waals surface area contributed by atoms with E-state index in [-0.39, 0.29) is 0 Å². The molecule has 0 heteroatoms. The highest BCUT2D eigenvalue weighted by molar-refractivity contribution is 5.46. The second kappa shape index (κ2) is 2.87. The van der Waals surface area contributed by atoms with Crippen molar-refractivity contribution in [2.75, 3.05) is 0 Å². The maximum Gasteiger partial charge on any atom is -0.00731 e. The predicted octanol–water partition coefficient (Wildman–Crippen LogP) is 4.17. The van der Waals surface area contributed by atoms with Gasteiger partial charge in [-0.3, -0.25) is 0 Å². The minimum atomic E-state index is 0.579. The standard InChI is InChI=1S/C13H22/c1-5-7-11-12(13(11,3)4)10-8-9(10)6-2/h9,11H,5-8H2,1-4H3. The topological polar surface area (TPSA) is 0 Å². The first kappa shape index (κ1) is 9.30. The predicted molar refractivity (Wildman–Crippen MR) is 57.6 cm³/mol. The summed E-state index contributed by atoms with van der Waals surface area (Å²) in [6.07, 6.45) is 5.56. The fourth-order valence-electron chi connectivity index (χ4n) is 3.00. The van der Waals surface area contributed by atoms with Gasteiger partial charge in [0.2, 0.25) is 0 Å². The average Bonchev–Trinajstić information content (AvgIpc) is 2.91. The van der Waals surface area contributed by atoms with Gasteiger partial charge >= 0.3 is 0 Å². The van der Waals surface area contributed by atoms with E-state index < -0.39 is 0 Å². The van der Waals surface area contributed by atoms with Crippen molar-refractivity contribution in [3.05, 3.63) is 11.1 Å². The van der Waals surface area contributed by atoms with Crippen molar-refractivity contribution in [2.45, 2.75) is 53.4 Å². The number of hydrogen-bond donors (Lipinski definition) is 0. The molecule has 0 amide bonds. The van der Waals surface area contributed by atoms with Gasteiger partial charge in [0.05, 0.1) is 0 Å². The molecule has 74 valence electrons. The number of allylic oxidation sites excluding steroid dienone is 2. The van der Waals surface area contributed by atoms with Crippen molar-refractivity contribution in [1.29, 1.82) is 0 Å². The molecule has 0 heterocycles. The summed E-state index contributed by atoms with van der Waals surface area (Å²) in [7, 11) is 0. The van der Waals surface area contributed by atoms with Gasteiger partial charge in [-0.2, -0.15) is 0 Å². The fraction of sp³-hybridized carbons (Fsp3) is 0.846. The minimum absolute atomic E-state index is 0.579. The van der Waals surface area contributed by atoms with Crippen LogP contribution in [0.5, 0.6) is 0 Å². The molecule has 0 saturated heterocycles. The maximum atomic E-state index is 2.43. The number of rotatable bonds is 3. The molecule has 2 saturated carbocycles. The summed E-state index contributed by atoms with van der Waals surface area (Å²) >= 11 is 0. The maximum absolute atomic E-state index is 2.43. The lowest BCUT2D eigenvalue weighted by Gasteiger charge is -1.97. The van der Waals surface area contributed by atoms with Gasteiger partial charge in [0, 0.05) is 0 Å². The SMILES string of the molecule is CCCC1C(=C2CC2CC)C1(C)C. The van der Waals surface area contributed by atoms with Crippen molar-refractivity contribution in [3.63, 3.8) is 0 Å². The van der Waals surface area contributed by atoms with Crippen LogP contribution in [0.2, 0.25) is 0 Å². The Labute approximate surface area is 82.4 Å². The van der Waals surface area contributed by atoms with Gasteiger partial charge in [-0.1, -0.05) is 45.3 Å². The minimum Gasteiger partial charge on any atom is -0.0661 e. The second-order valence-corrected chi connectivity index (χ2v) is 5.31. The van der Waals surface area contributed by atoms with Crippen molar-refractivity contribution >= 4 is 0 Å². The highest BCUT2D eigenvalue weighted by Crippen LogP contribution is 2.66. The third kappa shape index (κ3) is 1.35. The van der Waals surface area contributed by atoms with Crippen LogP contribution in [0, 0.1) is 17.3 Å². The number of hydrogen-bond acceptors (Lipinski definition) is 0. The Morgan fingerprint density at radius 1 is 1.31 bits per heavy atom. The molecule has 2 unspecified atom stereocenters. The zero-order chi connectivity index (χ0) is 9.64. The van der Waals surface area contributed by atoms with E-state index in [4.69, 9.17) is 0 Å². The van der Waals surface area contributed by atoms with Gasteiger partial charge in [-0.25, -0.2) is 0 Å². The molecule has 2 aliphatic rings. The summed E-state index contributed by atoms with van der Waals surface area (Å²) in [5.41, 5.74) is 4.27. The fourth-order valence-corrected chi connectivity index (χ4v) is 3.00. The molecule has 0 radical (unpaired) electrons. The van der Waals surface area contributed by atoms with Crippen LogP contribution in [0.25, 0.3) is 0 Å². The lowest BCUT2D eigenvalue weighted by Crippen LogP contribution is -1.88. The summed E-state index contributed by atoms with van der Waals surface area (Å²) in [6, 6.07) is 0. The summed E-state index contributed by atoms with van der Waals surface area (Å²) < 4.78 is 0. The molecule has 0 nitrogen and oxygen atoms in total. The molecule has 0 aromatic rings. The molecule has 2 rings (SSSR count). The van der Waals surface area contributed by atoms with Crippen LogP contribution in [-0.4, -0.2) is 0 Å². The Kier molecular flexibility index (Phi) is 2.05. The van der Waals surface area contributed by atoms with E-state index in [0.29, 0.717) is 5.41 Å². The molecule has 2 fully saturated rings. The van der Waals surface area contributed by atoms with Crippen LogP contribution in [0.4, 0.5) is 0 Å². The molecule has 0 N–H and O–H groups in total.